The van der Waals surface area contributed by atoms with Gasteiger partial charge in [0.2, 0.25) is 5.91 Å². The van der Waals surface area contributed by atoms with Crippen molar-refractivity contribution in [2.24, 2.45) is 0 Å². The van der Waals surface area contributed by atoms with E-state index in [1.807, 2.05) is 43.0 Å². The Morgan fingerprint density at radius 2 is 1.89 bits per heavy atom. The van der Waals surface area contributed by atoms with Crippen molar-refractivity contribution in [1.82, 2.24) is 0 Å². The Kier molecular flexibility index (Phi) is 5.77. The van der Waals surface area contributed by atoms with Crippen LogP contribution in [0.25, 0.3) is 0 Å². The molecule has 1 aliphatic rings. The summed E-state index contributed by atoms with van der Waals surface area (Å²) in [6.45, 7) is 2.05. The van der Waals surface area contributed by atoms with Gasteiger partial charge in [0.25, 0.3) is 0 Å². The molecule has 0 atom stereocenters. The van der Waals surface area contributed by atoms with Gasteiger partial charge in [-0.1, -0.05) is 37.0 Å². The van der Waals surface area contributed by atoms with Crippen LogP contribution in [0.15, 0.2) is 24.3 Å². The number of hydrogen-bond acceptors (Lipinski definition) is 2. The monoisotopic (exact) mass is 277 g/mol. The summed E-state index contributed by atoms with van der Waals surface area (Å²) in [5, 5.41) is 3.75. The highest BCUT2D eigenvalue weighted by Crippen LogP contribution is 2.28. The average Bonchev–Trinajstić information content (AvgIpc) is 2.43. The molecule has 0 spiro atoms. The molecular formula is C16H23NOS. The predicted octanol–water partition coefficient (Wildman–Crippen LogP) is 4.39. The zero-order chi connectivity index (χ0) is 13.5. The highest BCUT2D eigenvalue weighted by Gasteiger charge is 2.14. The summed E-state index contributed by atoms with van der Waals surface area (Å²) >= 11 is 1.98. The van der Waals surface area contributed by atoms with Gasteiger partial charge < -0.3 is 5.32 Å². The third-order valence-corrected chi connectivity index (χ3v) is 4.95. The molecule has 3 heteroatoms. The Morgan fingerprint density at radius 3 is 2.58 bits per heavy atom. The first kappa shape index (κ1) is 14.4. The highest BCUT2D eigenvalue weighted by atomic mass is 32.2. The standard InChI is InChI=1S/C16H23NOS/c1-13-7-9-14(10-8-13)17-16(18)11-12-19-15-5-3-2-4-6-15/h7-10,15H,2-6,11-12H2,1H3,(H,17,18). The first-order valence-electron chi connectivity index (χ1n) is 7.22. The van der Waals surface area contributed by atoms with Crippen molar-refractivity contribution < 1.29 is 4.79 Å². The van der Waals surface area contributed by atoms with Crippen LogP contribution in [0.2, 0.25) is 0 Å². The molecular weight excluding hydrogens is 254 g/mol. The average molecular weight is 277 g/mol. The number of carbonyl (C=O) groups is 1. The third kappa shape index (κ3) is 5.27. The van der Waals surface area contributed by atoms with Crippen LogP contribution in [0.1, 0.15) is 44.1 Å². The van der Waals surface area contributed by atoms with Gasteiger partial charge in [0.05, 0.1) is 0 Å². The lowest BCUT2D eigenvalue weighted by atomic mass is 10.0. The molecule has 0 radical (unpaired) electrons. The molecule has 1 aromatic carbocycles. The quantitative estimate of drug-likeness (QED) is 0.865. The van der Waals surface area contributed by atoms with Gasteiger partial charge >= 0.3 is 0 Å². The Labute approximate surface area is 120 Å². The van der Waals surface area contributed by atoms with Crippen molar-refractivity contribution in [3.8, 4) is 0 Å². The summed E-state index contributed by atoms with van der Waals surface area (Å²) in [5.74, 6) is 1.08. The van der Waals surface area contributed by atoms with Gasteiger partial charge in [0.1, 0.15) is 0 Å². The molecule has 0 heterocycles. The lowest BCUT2D eigenvalue weighted by Gasteiger charge is -2.20. The van der Waals surface area contributed by atoms with Crippen molar-refractivity contribution in [2.45, 2.75) is 50.7 Å². The number of rotatable bonds is 5. The minimum absolute atomic E-state index is 0.132. The van der Waals surface area contributed by atoms with E-state index in [-0.39, 0.29) is 5.91 Å². The van der Waals surface area contributed by atoms with Crippen molar-refractivity contribution in [1.29, 1.82) is 0 Å². The van der Waals surface area contributed by atoms with Crippen molar-refractivity contribution in [2.75, 3.05) is 11.1 Å². The van der Waals surface area contributed by atoms with Gasteiger partial charge in [-0.15, -0.1) is 0 Å². The molecule has 104 valence electrons. The van der Waals surface area contributed by atoms with Crippen LogP contribution in [-0.2, 0) is 4.79 Å². The fourth-order valence-electron chi connectivity index (χ4n) is 2.41. The molecule has 1 aliphatic carbocycles. The SMILES string of the molecule is Cc1ccc(NC(=O)CCSC2CCCCC2)cc1. The highest BCUT2D eigenvalue weighted by molar-refractivity contribution is 7.99. The molecule has 1 amide bonds. The van der Waals surface area contributed by atoms with Gasteiger partial charge in [-0.2, -0.15) is 11.8 Å². The van der Waals surface area contributed by atoms with Crippen molar-refractivity contribution in [3.63, 3.8) is 0 Å². The smallest absolute Gasteiger partial charge is 0.225 e. The maximum absolute atomic E-state index is 11.8. The Hall–Kier alpha value is -0.960. The van der Waals surface area contributed by atoms with Crippen molar-refractivity contribution in [3.05, 3.63) is 29.8 Å². The van der Waals surface area contributed by atoms with E-state index < -0.39 is 0 Å². The van der Waals surface area contributed by atoms with E-state index in [9.17, 15) is 4.79 Å². The third-order valence-electron chi connectivity index (χ3n) is 3.57. The molecule has 0 aliphatic heterocycles. The lowest BCUT2D eigenvalue weighted by Crippen LogP contribution is -2.14. The second-order valence-electron chi connectivity index (χ2n) is 5.30. The number of aryl methyl sites for hydroxylation is 1. The van der Waals surface area contributed by atoms with Crippen LogP contribution in [0.3, 0.4) is 0 Å². The normalized spacial score (nSPS) is 16.3. The summed E-state index contributed by atoms with van der Waals surface area (Å²) in [6.07, 6.45) is 7.43. The summed E-state index contributed by atoms with van der Waals surface area (Å²) in [4.78, 5) is 11.8. The summed E-state index contributed by atoms with van der Waals surface area (Å²) in [7, 11) is 0. The van der Waals surface area contributed by atoms with Gasteiger partial charge in [0, 0.05) is 23.1 Å². The molecule has 1 saturated carbocycles. The van der Waals surface area contributed by atoms with E-state index >= 15 is 0 Å². The second-order valence-corrected chi connectivity index (χ2v) is 6.70. The van der Waals surface area contributed by atoms with Gasteiger partial charge in [0.15, 0.2) is 0 Å². The van der Waals surface area contributed by atoms with E-state index in [4.69, 9.17) is 0 Å². The molecule has 2 nitrogen and oxygen atoms in total. The minimum Gasteiger partial charge on any atom is -0.326 e. The molecule has 0 unspecified atom stereocenters. The van der Waals surface area contributed by atoms with E-state index in [2.05, 4.69) is 5.32 Å². The van der Waals surface area contributed by atoms with Crippen molar-refractivity contribution >= 4 is 23.4 Å². The Bertz CT molecular complexity index is 396. The van der Waals surface area contributed by atoms with E-state index in [1.54, 1.807) is 0 Å². The second kappa shape index (κ2) is 7.59. The maximum atomic E-state index is 11.8. The number of benzene rings is 1. The van der Waals surface area contributed by atoms with Gasteiger partial charge in [-0.25, -0.2) is 0 Å². The topological polar surface area (TPSA) is 29.1 Å². The molecule has 0 saturated heterocycles. The predicted molar refractivity (Wildman–Crippen MR) is 83.8 cm³/mol. The van der Waals surface area contributed by atoms with E-state index in [1.165, 1.54) is 37.7 Å². The fourth-order valence-corrected chi connectivity index (χ4v) is 3.71. The fraction of sp³-hybridized carbons (Fsp3) is 0.562. The van der Waals surface area contributed by atoms with Crippen LogP contribution in [0.4, 0.5) is 5.69 Å². The first-order valence-corrected chi connectivity index (χ1v) is 8.27. The van der Waals surface area contributed by atoms with Crippen LogP contribution in [-0.4, -0.2) is 16.9 Å². The van der Waals surface area contributed by atoms with E-state index in [0.29, 0.717) is 6.42 Å². The summed E-state index contributed by atoms with van der Waals surface area (Å²) in [5.41, 5.74) is 2.11. The number of thioether (sulfide) groups is 1. The van der Waals surface area contributed by atoms with Gasteiger partial charge in [-0.3, -0.25) is 4.79 Å². The minimum atomic E-state index is 0.132. The number of amides is 1. The number of hydrogen-bond donors (Lipinski definition) is 1. The number of anilines is 1. The molecule has 1 N–H and O–H groups in total. The maximum Gasteiger partial charge on any atom is 0.225 e. The molecule has 1 fully saturated rings. The molecule has 1 aromatic rings. The Balaban J connectivity index is 1.65. The Morgan fingerprint density at radius 1 is 1.21 bits per heavy atom. The molecule has 2 rings (SSSR count). The molecule has 0 aromatic heterocycles. The van der Waals surface area contributed by atoms with E-state index in [0.717, 1.165) is 16.7 Å². The summed E-state index contributed by atoms with van der Waals surface area (Å²) in [6, 6.07) is 7.96. The first-order chi connectivity index (χ1) is 9.24. The number of carbonyl (C=O) groups excluding carboxylic acids is 1. The zero-order valence-corrected chi connectivity index (χ0v) is 12.5. The van der Waals surface area contributed by atoms with Crippen LogP contribution in [0, 0.1) is 6.92 Å². The molecule has 19 heavy (non-hydrogen) atoms. The van der Waals surface area contributed by atoms with Crippen LogP contribution in [0.5, 0.6) is 0 Å². The summed E-state index contributed by atoms with van der Waals surface area (Å²) < 4.78 is 0. The largest absolute Gasteiger partial charge is 0.326 e. The van der Waals surface area contributed by atoms with Gasteiger partial charge in [-0.05, 0) is 31.9 Å². The number of nitrogens with one attached hydrogen (secondary N) is 1. The lowest BCUT2D eigenvalue weighted by molar-refractivity contribution is -0.115. The zero-order valence-electron chi connectivity index (χ0n) is 11.7. The van der Waals surface area contributed by atoms with Crippen LogP contribution >= 0.6 is 11.8 Å². The van der Waals surface area contributed by atoms with Crippen LogP contribution < -0.4 is 5.32 Å². The molecule has 0 bridgehead atoms.